The Morgan fingerprint density at radius 2 is 2.33 bits per heavy atom. The minimum Gasteiger partial charge on any atom is -0.384 e. The third-order valence-electron chi connectivity index (χ3n) is 3.25. The first-order chi connectivity index (χ1) is 7.00. The van der Waals surface area contributed by atoms with E-state index in [0.29, 0.717) is 11.5 Å². The average molecular weight is 225 g/mol. The van der Waals surface area contributed by atoms with Gasteiger partial charge in [0.15, 0.2) is 0 Å². The number of nitrogens with two attached hydrogens (primary N) is 1. The van der Waals surface area contributed by atoms with Gasteiger partial charge in [-0.2, -0.15) is 16.9 Å². The van der Waals surface area contributed by atoms with Crippen LogP contribution in [0.5, 0.6) is 0 Å². The zero-order valence-electron chi connectivity index (χ0n) is 9.66. The largest absolute Gasteiger partial charge is 0.384 e. The van der Waals surface area contributed by atoms with Gasteiger partial charge in [-0.25, -0.2) is 4.68 Å². The first kappa shape index (κ1) is 10.9. The van der Waals surface area contributed by atoms with E-state index in [1.807, 2.05) is 29.4 Å². The van der Waals surface area contributed by atoms with Crippen LogP contribution < -0.4 is 5.73 Å². The molecule has 1 atom stereocenters. The van der Waals surface area contributed by atoms with Crippen molar-refractivity contribution in [1.29, 1.82) is 0 Å². The van der Waals surface area contributed by atoms with Crippen molar-refractivity contribution in [2.75, 3.05) is 17.2 Å². The standard InChI is InChI=1S/C11H19N3S/c1-8-6-10(12)14(13-8)9-7-15-5-4-11(9,2)3/h6,9H,4-5,7,12H2,1-3H3. The molecule has 0 bridgehead atoms. The molecular weight excluding hydrogens is 206 g/mol. The van der Waals surface area contributed by atoms with E-state index in [9.17, 15) is 0 Å². The molecule has 0 radical (unpaired) electrons. The number of nitrogen functional groups attached to an aromatic ring is 1. The van der Waals surface area contributed by atoms with Crippen molar-refractivity contribution in [3.8, 4) is 0 Å². The Morgan fingerprint density at radius 3 is 2.87 bits per heavy atom. The molecule has 0 amide bonds. The number of hydrogen-bond donors (Lipinski definition) is 1. The molecule has 1 aliphatic rings. The maximum Gasteiger partial charge on any atom is 0.122 e. The predicted molar refractivity (Wildman–Crippen MR) is 66.1 cm³/mol. The minimum absolute atomic E-state index is 0.303. The number of aromatic nitrogens is 2. The summed E-state index contributed by atoms with van der Waals surface area (Å²) in [5.74, 6) is 3.18. The predicted octanol–water partition coefficient (Wildman–Crippen LogP) is 2.48. The smallest absolute Gasteiger partial charge is 0.122 e. The van der Waals surface area contributed by atoms with Crippen LogP contribution in [0, 0.1) is 12.3 Å². The number of aryl methyl sites for hydroxylation is 1. The maximum absolute atomic E-state index is 5.98. The number of rotatable bonds is 1. The van der Waals surface area contributed by atoms with Crippen molar-refractivity contribution in [1.82, 2.24) is 9.78 Å². The summed E-state index contributed by atoms with van der Waals surface area (Å²) in [6.45, 7) is 6.62. The van der Waals surface area contributed by atoms with Gasteiger partial charge < -0.3 is 5.73 Å². The van der Waals surface area contributed by atoms with E-state index in [0.717, 1.165) is 17.3 Å². The van der Waals surface area contributed by atoms with Crippen LogP contribution in [0.3, 0.4) is 0 Å². The first-order valence-corrected chi connectivity index (χ1v) is 6.55. The number of anilines is 1. The summed E-state index contributed by atoms with van der Waals surface area (Å²) in [7, 11) is 0. The van der Waals surface area contributed by atoms with Crippen molar-refractivity contribution in [2.45, 2.75) is 33.2 Å². The average Bonchev–Trinajstić information content (AvgIpc) is 2.44. The van der Waals surface area contributed by atoms with Crippen molar-refractivity contribution < 1.29 is 0 Å². The Labute approximate surface area is 95.4 Å². The molecule has 2 heterocycles. The van der Waals surface area contributed by atoms with Crippen LogP contribution in [-0.4, -0.2) is 21.3 Å². The molecular formula is C11H19N3S. The van der Waals surface area contributed by atoms with Crippen LogP contribution in [0.1, 0.15) is 32.0 Å². The number of thioether (sulfide) groups is 1. The molecule has 1 aliphatic heterocycles. The SMILES string of the molecule is Cc1cc(N)n(C2CSCCC2(C)C)n1. The van der Waals surface area contributed by atoms with Crippen molar-refractivity contribution in [3.05, 3.63) is 11.8 Å². The van der Waals surface area contributed by atoms with Crippen molar-refractivity contribution in [2.24, 2.45) is 5.41 Å². The fourth-order valence-corrected chi connectivity index (χ4v) is 3.76. The molecule has 0 saturated carbocycles. The van der Waals surface area contributed by atoms with Crippen LogP contribution in [0.15, 0.2) is 6.07 Å². The fraction of sp³-hybridized carbons (Fsp3) is 0.727. The van der Waals surface area contributed by atoms with E-state index in [1.165, 1.54) is 12.2 Å². The maximum atomic E-state index is 5.98. The molecule has 15 heavy (non-hydrogen) atoms. The summed E-state index contributed by atoms with van der Waals surface area (Å²) < 4.78 is 2.02. The highest BCUT2D eigenvalue weighted by Gasteiger charge is 2.35. The highest BCUT2D eigenvalue weighted by Crippen LogP contribution is 2.42. The van der Waals surface area contributed by atoms with E-state index in [1.54, 1.807) is 0 Å². The molecule has 0 aliphatic carbocycles. The zero-order chi connectivity index (χ0) is 11.1. The van der Waals surface area contributed by atoms with Crippen molar-refractivity contribution >= 4 is 17.6 Å². The number of nitrogens with zero attached hydrogens (tertiary/aromatic N) is 2. The molecule has 1 aromatic heterocycles. The Balaban J connectivity index is 2.32. The second kappa shape index (κ2) is 3.74. The summed E-state index contributed by atoms with van der Waals surface area (Å²) >= 11 is 2.00. The molecule has 84 valence electrons. The molecule has 4 heteroatoms. The Morgan fingerprint density at radius 1 is 1.60 bits per heavy atom. The topological polar surface area (TPSA) is 43.8 Å². The monoisotopic (exact) mass is 225 g/mol. The minimum atomic E-state index is 0.303. The molecule has 1 saturated heterocycles. The quantitative estimate of drug-likeness (QED) is 0.798. The lowest BCUT2D eigenvalue weighted by molar-refractivity contribution is 0.211. The Kier molecular flexibility index (Phi) is 2.71. The van der Waals surface area contributed by atoms with Gasteiger partial charge in [0.25, 0.3) is 0 Å². The molecule has 0 spiro atoms. The highest BCUT2D eigenvalue weighted by molar-refractivity contribution is 7.99. The van der Waals surface area contributed by atoms with Gasteiger partial charge in [0.05, 0.1) is 11.7 Å². The summed E-state index contributed by atoms with van der Waals surface area (Å²) in [5, 5.41) is 4.51. The van der Waals surface area contributed by atoms with Gasteiger partial charge in [-0.15, -0.1) is 0 Å². The lowest BCUT2D eigenvalue weighted by Crippen LogP contribution is -2.34. The third-order valence-corrected chi connectivity index (χ3v) is 4.29. The normalized spacial score (nSPS) is 25.4. The molecule has 3 nitrogen and oxygen atoms in total. The van der Waals surface area contributed by atoms with Crippen LogP contribution in [0.4, 0.5) is 5.82 Å². The highest BCUT2D eigenvalue weighted by atomic mass is 32.2. The lowest BCUT2D eigenvalue weighted by Gasteiger charge is -2.38. The second-order valence-corrected chi connectivity index (χ2v) is 6.13. The van der Waals surface area contributed by atoms with Gasteiger partial charge in [0, 0.05) is 11.8 Å². The van der Waals surface area contributed by atoms with E-state index in [2.05, 4.69) is 18.9 Å². The van der Waals surface area contributed by atoms with Gasteiger partial charge in [0.2, 0.25) is 0 Å². The van der Waals surface area contributed by atoms with Crippen LogP contribution in [0.25, 0.3) is 0 Å². The van der Waals surface area contributed by atoms with Gasteiger partial charge >= 0.3 is 0 Å². The summed E-state index contributed by atoms with van der Waals surface area (Å²) in [4.78, 5) is 0. The Bertz CT molecular complexity index is 357. The van der Waals surface area contributed by atoms with E-state index in [-0.39, 0.29) is 0 Å². The van der Waals surface area contributed by atoms with Crippen molar-refractivity contribution in [3.63, 3.8) is 0 Å². The molecule has 2 N–H and O–H groups in total. The summed E-state index contributed by atoms with van der Waals surface area (Å²) in [6, 6.07) is 2.39. The van der Waals surface area contributed by atoms with E-state index < -0.39 is 0 Å². The summed E-state index contributed by atoms with van der Waals surface area (Å²) in [5.41, 5.74) is 7.30. The molecule has 1 fully saturated rings. The summed E-state index contributed by atoms with van der Waals surface area (Å²) in [6.07, 6.45) is 1.24. The van der Waals surface area contributed by atoms with Gasteiger partial charge in [0.1, 0.15) is 5.82 Å². The number of hydrogen-bond acceptors (Lipinski definition) is 3. The Hall–Kier alpha value is -0.640. The molecule has 1 unspecified atom stereocenters. The fourth-order valence-electron chi connectivity index (χ4n) is 2.11. The van der Waals surface area contributed by atoms with Crippen LogP contribution in [-0.2, 0) is 0 Å². The molecule has 2 rings (SSSR count). The van der Waals surface area contributed by atoms with Gasteiger partial charge in [-0.3, -0.25) is 0 Å². The lowest BCUT2D eigenvalue weighted by atomic mass is 9.82. The zero-order valence-corrected chi connectivity index (χ0v) is 10.5. The molecule has 0 aromatic carbocycles. The molecule has 1 aromatic rings. The second-order valence-electron chi connectivity index (χ2n) is 4.98. The van der Waals surface area contributed by atoms with Crippen LogP contribution >= 0.6 is 11.8 Å². The van der Waals surface area contributed by atoms with E-state index >= 15 is 0 Å². The van der Waals surface area contributed by atoms with Crippen LogP contribution in [0.2, 0.25) is 0 Å². The van der Waals surface area contributed by atoms with Gasteiger partial charge in [-0.1, -0.05) is 13.8 Å². The third kappa shape index (κ3) is 2.00. The van der Waals surface area contributed by atoms with Gasteiger partial charge in [-0.05, 0) is 24.5 Å². The first-order valence-electron chi connectivity index (χ1n) is 5.40. The van der Waals surface area contributed by atoms with E-state index in [4.69, 9.17) is 5.73 Å².